The molecule has 4 rings (SSSR count). The van der Waals surface area contributed by atoms with Gasteiger partial charge in [0.1, 0.15) is 11.5 Å². The Labute approximate surface area is 169 Å². The van der Waals surface area contributed by atoms with Crippen molar-refractivity contribution < 1.29 is 18.7 Å². The lowest BCUT2D eigenvalue weighted by molar-refractivity contribution is -0.138. The number of para-hydroxylation sites is 1. The Kier molecular flexibility index (Phi) is 5.45. The van der Waals surface area contributed by atoms with E-state index in [1.165, 1.54) is 17.0 Å². The molecule has 2 aromatic carbocycles. The Bertz CT molecular complexity index is 934. The van der Waals surface area contributed by atoms with Crippen molar-refractivity contribution in [2.24, 2.45) is 0 Å². The fraction of sp³-hybridized carbons (Fsp3) is 0.304. The average molecular weight is 394 g/mol. The molecule has 6 heteroatoms. The quantitative estimate of drug-likeness (QED) is 0.703. The molecule has 2 heterocycles. The summed E-state index contributed by atoms with van der Waals surface area (Å²) in [6, 6.07) is 15.2. The van der Waals surface area contributed by atoms with Crippen molar-refractivity contribution in [1.82, 2.24) is 4.90 Å². The Morgan fingerprint density at radius 1 is 1.07 bits per heavy atom. The predicted octanol–water partition coefficient (Wildman–Crippen LogP) is 3.61. The van der Waals surface area contributed by atoms with Crippen molar-refractivity contribution in [3.63, 3.8) is 0 Å². The van der Waals surface area contributed by atoms with Gasteiger partial charge in [0.25, 0.3) is 11.8 Å². The molecule has 2 aliphatic heterocycles. The molecule has 2 aliphatic rings. The van der Waals surface area contributed by atoms with Gasteiger partial charge in [0.15, 0.2) is 0 Å². The van der Waals surface area contributed by atoms with Crippen LogP contribution in [0.15, 0.2) is 60.3 Å². The van der Waals surface area contributed by atoms with Crippen LogP contribution in [0.2, 0.25) is 0 Å². The minimum Gasteiger partial charge on any atom is -0.376 e. The highest BCUT2D eigenvalue weighted by Crippen LogP contribution is 2.35. The van der Waals surface area contributed by atoms with Crippen LogP contribution >= 0.6 is 0 Å². The number of benzene rings is 2. The third-order valence-electron chi connectivity index (χ3n) is 5.34. The number of hydrogen-bond acceptors (Lipinski definition) is 4. The summed E-state index contributed by atoms with van der Waals surface area (Å²) < 4.78 is 19.1. The summed E-state index contributed by atoms with van der Waals surface area (Å²) in [5.74, 6) is -1.09. The van der Waals surface area contributed by atoms with Gasteiger partial charge in [-0.05, 0) is 49.6 Å². The molecule has 0 radical (unpaired) electrons. The third kappa shape index (κ3) is 3.68. The van der Waals surface area contributed by atoms with Gasteiger partial charge in [-0.2, -0.15) is 0 Å². The minimum absolute atomic E-state index is 0.136. The highest BCUT2D eigenvalue weighted by atomic mass is 19.1. The first-order chi connectivity index (χ1) is 14.1. The van der Waals surface area contributed by atoms with E-state index in [0.29, 0.717) is 30.0 Å². The maximum absolute atomic E-state index is 13.5. The molecule has 0 aliphatic carbocycles. The van der Waals surface area contributed by atoms with Gasteiger partial charge in [0.2, 0.25) is 0 Å². The predicted molar refractivity (Wildman–Crippen MR) is 108 cm³/mol. The van der Waals surface area contributed by atoms with Crippen molar-refractivity contribution in [2.45, 2.75) is 25.9 Å². The average Bonchev–Trinajstić information content (AvgIpc) is 3.33. The molecule has 1 atom stereocenters. The van der Waals surface area contributed by atoms with Crippen LogP contribution in [0.25, 0.3) is 5.57 Å². The minimum atomic E-state index is -0.390. The standard InChI is InChI=1S/C23H23FN2O3/c1-2-25(18-7-4-3-5-8-18)21-20(16-10-12-17(24)13-11-16)22(27)26(23(21)28)15-19-9-6-14-29-19/h3-5,7-8,10-13,19H,2,6,9,14-15H2,1H3. The molecule has 0 spiro atoms. The maximum atomic E-state index is 13.5. The largest absolute Gasteiger partial charge is 0.376 e. The summed E-state index contributed by atoms with van der Waals surface area (Å²) in [5.41, 5.74) is 1.99. The smallest absolute Gasteiger partial charge is 0.278 e. The van der Waals surface area contributed by atoms with Crippen LogP contribution in [0.1, 0.15) is 25.3 Å². The number of anilines is 1. The van der Waals surface area contributed by atoms with Gasteiger partial charge in [-0.15, -0.1) is 0 Å². The van der Waals surface area contributed by atoms with Gasteiger partial charge in [-0.25, -0.2) is 4.39 Å². The fourth-order valence-corrected chi connectivity index (χ4v) is 3.93. The van der Waals surface area contributed by atoms with E-state index < -0.39 is 0 Å². The van der Waals surface area contributed by atoms with E-state index in [-0.39, 0.29) is 30.3 Å². The normalized spacial score (nSPS) is 19.4. The Hall–Kier alpha value is -2.99. The SMILES string of the molecule is CCN(C1=C(c2ccc(F)cc2)C(=O)N(CC2CCCO2)C1=O)c1ccccc1. The molecular formula is C23H23FN2O3. The molecule has 1 saturated heterocycles. The molecule has 1 fully saturated rings. The van der Waals surface area contributed by atoms with Crippen molar-refractivity contribution >= 4 is 23.1 Å². The summed E-state index contributed by atoms with van der Waals surface area (Å²) in [5, 5.41) is 0. The topological polar surface area (TPSA) is 49.9 Å². The first-order valence-electron chi connectivity index (χ1n) is 9.90. The van der Waals surface area contributed by atoms with E-state index in [1.807, 2.05) is 42.2 Å². The van der Waals surface area contributed by atoms with E-state index in [1.54, 1.807) is 12.1 Å². The number of ether oxygens (including phenoxy) is 1. The van der Waals surface area contributed by atoms with Crippen molar-refractivity contribution in [1.29, 1.82) is 0 Å². The van der Waals surface area contributed by atoms with E-state index >= 15 is 0 Å². The molecule has 0 N–H and O–H groups in total. The van der Waals surface area contributed by atoms with Crippen molar-refractivity contribution in [3.05, 3.63) is 71.7 Å². The van der Waals surface area contributed by atoms with Crippen LogP contribution in [-0.2, 0) is 14.3 Å². The summed E-state index contributed by atoms with van der Waals surface area (Å²) in [6.45, 7) is 3.33. The van der Waals surface area contributed by atoms with Crippen LogP contribution in [0.3, 0.4) is 0 Å². The van der Waals surface area contributed by atoms with Gasteiger partial charge in [0.05, 0.1) is 18.2 Å². The van der Waals surface area contributed by atoms with Crippen molar-refractivity contribution in [2.75, 3.05) is 24.6 Å². The maximum Gasteiger partial charge on any atom is 0.278 e. The number of nitrogens with zero attached hydrogens (tertiary/aromatic N) is 2. The number of hydrogen-bond donors (Lipinski definition) is 0. The lowest BCUT2D eigenvalue weighted by atomic mass is 10.0. The molecule has 0 saturated carbocycles. The highest BCUT2D eigenvalue weighted by molar-refractivity contribution is 6.36. The zero-order valence-corrected chi connectivity index (χ0v) is 16.3. The lowest BCUT2D eigenvalue weighted by Crippen LogP contribution is -2.40. The summed E-state index contributed by atoms with van der Waals surface area (Å²) >= 11 is 0. The molecule has 0 bridgehead atoms. The zero-order valence-electron chi connectivity index (χ0n) is 16.3. The molecule has 1 unspecified atom stereocenters. The number of rotatable bonds is 6. The monoisotopic (exact) mass is 394 g/mol. The lowest BCUT2D eigenvalue weighted by Gasteiger charge is -2.25. The van der Waals surface area contributed by atoms with Gasteiger partial charge in [0, 0.05) is 18.8 Å². The van der Waals surface area contributed by atoms with E-state index in [0.717, 1.165) is 18.5 Å². The van der Waals surface area contributed by atoms with Gasteiger partial charge in [-0.3, -0.25) is 14.5 Å². The van der Waals surface area contributed by atoms with Crippen LogP contribution in [0.4, 0.5) is 10.1 Å². The first-order valence-corrected chi connectivity index (χ1v) is 9.90. The second kappa shape index (κ2) is 8.17. The Morgan fingerprint density at radius 3 is 2.41 bits per heavy atom. The Balaban J connectivity index is 1.79. The van der Waals surface area contributed by atoms with Crippen LogP contribution in [0.5, 0.6) is 0 Å². The number of halogens is 1. The van der Waals surface area contributed by atoms with E-state index in [4.69, 9.17) is 4.74 Å². The van der Waals surface area contributed by atoms with Crippen LogP contribution in [-0.4, -0.2) is 42.5 Å². The zero-order chi connectivity index (χ0) is 20.4. The highest BCUT2D eigenvalue weighted by Gasteiger charge is 2.42. The molecule has 5 nitrogen and oxygen atoms in total. The molecule has 150 valence electrons. The summed E-state index contributed by atoms with van der Waals surface area (Å²) in [4.78, 5) is 29.8. The van der Waals surface area contributed by atoms with Gasteiger partial charge in [-0.1, -0.05) is 30.3 Å². The van der Waals surface area contributed by atoms with E-state index in [2.05, 4.69) is 0 Å². The fourth-order valence-electron chi connectivity index (χ4n) is 3.93. The third-order valence-corrected chi connectivity index (χ3v) is 5.34. The van der Waals surface area contributed by atoms with E-state index in [9.17, 15) is 14.0 Å². The van der Waals surface area contributed by atoms with Crippen LogP contribution < -0.4 is 4.90 Å². The van der Waals surface area contributed by atoms with Crippen LogP contribution in [0, 0.1) is 5.82 Å². The number of carbonyl (C=O) groups excluding carboxylic acids is 2. The van der Waals surface area contributed by atoms with Gasteiger partial charge < -0.3 is 9.64 Å². The number of imide groups is 1. The number of likely N-dealkylation sites (N-methyl/N-ethyl adjacent to an activating group) is 1. The molecule has 2 amide bonds. The summed E-state index contributed by atoms with van der Waals surface area (Å²) in [7, 11) is 0. The van der Waals surface area contributed by atoms with Crippen molar-refractivity contribution in [3.8, 4) is 0 Å². The molecule has 29 heavy (non-hydrogen) atoms. The Morgan fingerprint density at radius 2 is 1.79 bits per heavy atom. The number of amides is 2. The molecular weight excluding hydrogens is 371 g/mol. The second-order valence-corrected chi connectivity index (χ2v) is 7.17. The molecule has 0 aromatic heterocycles. The van der Waals surface area contributed by atoms with Gasteiger partial charge >= 0.3 is 0 Å². The summed E-state index contributed by atoms with van der Waals surface area (Å²) in [6.07, 6.45) is 1.62. The first kappa shape index (κ1) is 19.3. The second-order valence-electron chi connectivity index (χ2n) is 7.17. The molecule has 2 aromatic rings. The number of carbonyl (C=O) groups is 2.